The SMILES string of the molecule is C=CC[C@H](C)[C@@H](CC(=O)C(C)(C)C=O)OC. The Morgan fingerprint density at radius 1 is 1.50 bits per heavy atom. The molecule has 0 aromatic heterocycles. The highest BCUT2D eigenvalue weighted by Crippen LogP contribution is 2.22. The van der Waals surface area contributed by atoms with Crippen LogP contribution in [-0.4, -0.2) is 25.3 Å². The first-order chi connectivity index (χ1) is 7.38. The first kappa shape index (κ1) is 15.0. The van der Waals surface area contributed by atoms with Gasteiger partial charge in [0, 0.05) is 13.5 Å². The summed E-state index contributed by atoms with van der Waals surface area (Å²) >= 11 is 0. The van der Waals surface area contributed by atoms with E-state index in [1.807, 2.05) is 13.0 Å². The van der Waals surface area contributed by atoms with Gasteiger partial charge in [-0.1, -0.05) is 13.0 Å². The second-order valence-electron chi connectivity index (χ2n) is 4.74. The fraction of sp³-hybridized carbons (Fsp3) is 0.692. The van der Waals surface area contributed by atoms with Gasteiger partial charge < -0.3 is 9.53 Å². The number of aldehydes is 1. The minimum absolute atomic E-state index is 0.0785. The lowest BCUT2D eigenvalue weighted by Crippen LogP contribution is -2.32. The number of carbonyl (C=O) groups excluding carboxylic acids is 2. The van der Waals surface area contributed by atoms with Crippen molar-refractivity contribution in [1.29, 1.82) is 0 Å². The quantitative estimate of drug-likeness (QED) is 0.362. The number of ether oxygens (including phenoxy) is 1. The van der Waals surface area contributed by atoms with Crippen LogP contribution in [-0.2, 0) is 14.3 Å². The van der Waals surface area contributed by atoms with E-state index in [1.165, 1.54) is 0 Å². The van der Waals surface area contributed by atoms with Crippen molar-refractivity contribution in [2.45, 2.75) is 39.7 Å². The zero-order valence-electron chi connectivity index (χ0n) is 10.7. The molecule has 16 heavy (non-hydrogen) atoms. The van der Waals surface area contributed by atoms with E-state index in [0.717, 1.165) is 6.42 Å². The molecule has 92 valence electrons. The van der Waals surface area contributed by atoms with E-state index in [4.69, 9.17) is 4.74 Å². The van der Waals surface area contributed by atoms with E-state index in [-0.39, 0.29) is 24.2 Å². The summed E-state index contributed by atoms with van der Waals surface area (Å²) in [4.78, 5) is 22.6. The number of Topliss-reactive ketones (excluding diaryl/α,β-unsaturated/α-hetero) is 1. The number of methoxy groups -OCH3 is 1. The van der Waals surface area contributed by atoms with E-state index in [2.05, 4.69) is 6.58 Å². The van der Waals surface area contributed by atoms with Crippen LogP contribution in [0.4, 0.5) is 0 Å². The number of carbonyl (C=O) groups is 2. The Morgan fingerprint density at radius 3 is 2.44 bits per heavy atom. The molecule has 0 bridgehead atoms. The fourth-order valence-electron chi connectivity index (χ4n) is 1.44. The molecule has 0 amide bonds. The minimum atomic E-state index is -0.912. The molecule has 0 unspecified atom stereocenters. The Hall–Kier alpha value is -0.960. The van der Waals surface area contributed by atoms with E-state index in [1.54, 1.807) is 21.0 Å². The van der Waals surface area contributed by atoms with Crippen LogP contribution >= 0.6 is 0 Å². The summed E-state index contributed by atoms with van der Waals surface area (Å²) < 4.78 is 5.29. The van der Waals surface area contributed by atoms with Gasteiger partial charge >= 0.3 is 0 Å². The molecular weight excluding hydrogens is 204 g/mol. The van der Waals surface area contributed by atoms with Crippen LogP contribution < -0.4 is 0 Å². The number of hydrogen-bond acceptors (Lipinski definition) is 3. The van der Waals surface area contributed by atoms with Crippen LogP contribution in [0.1, 0.15) is 33.6 Å². The third kappa shape index (κ3) is 4.27. The fourth-order valence-corrected chi connectivity index (χ4v) is 1.44. The summed E-state index contributed by atoms with van der Waals surface area (Å²) in [5, 5.41) is 0. The Bertz CT molecular complexity index is 256. The molecule has 0 N–H and O–H groups in total. The van der Waals surface area contributed by atoms with Crippen molar-refractivity contribution in [3.8, 4) is 0 Å². The molecule has 3 heteroatoms. The van der Waals surface area contributed by atoms with Gasteiger partial charge in [0.05, 0.1) is 11.5 Å². The van der Waals surface area contributed by atoms with Crippen molar-refractivity contribution in [3.63, 3.8) is 0 Å². The Labute approximate surface area is 97.9 Å². The normalized spacial score (nSPS) is 15.2. The van der Waals surface area contributed by atoms with Gasteiger partial charge in [-0.3, -0.25) is 4.79 Å². The van der Waals surface area contributed by atoms with Crippen molar-refractivity contribution in [2.75, 3.05) is 7.11 Å². The summed E-state index contributed by atoms with van der Waals surface area (Å²) in [7, 11) is 1.59. The third-order valence-corrected chi connectivity index (χ3v) is 2.88. The Kier molecular flexibility index (Phi) is 6.19. The lowest BCUT2D eigenvalue weighted by molar-refractivity contribution is -0.135. The van der Waals surface area contributed by atoms with E-state index in [9.17, 15) is 9.59 Å². The summed E-state index contributed by atoms with van der Waals surface area (Å²) in [5.74, 6) is 0.152. The Morgan fingerprint density at radius 2 is 2.06 bits per heavy atom. The summed E-state index contributed by atoms with van der Waals surface area (Å²) in [6, 6.07) is 0. The van der Waals surface area contributed by atoms with Gasteiger partial charge in [0.2, 0.25) is 0 Å². The zero-order chi connectivity index (χ0) is 12.8. The Balaban J connectivity index is 4.49. The molecule has 0 heterocycles. The molecule has 0 aliphatic rings. The van der Waals surface area contributed by atoms with E-state index < -0.39 is 5.41 Å². The third-order valence-electron chi connectivity index (χ3n) is 2.88. The van der Waals surface area contributed by atoms with Gasteiger partial charge in [-0.15, -0.1) is 6.58 Å². The predicted octanol–water partition coefficient (Wildman–Crippen LogP) is 2.40. The number of allylic oxidation sites excluding steroid dienone is 1. The average molecular weight is 226 g/mol. The molecule has 0 spiro atoms. The second kappa shape index (κ2) is 6.59. The van der Waals surface area contributed by atoms with Crippen LogP contribution in [0.5, 0.6) is 0 Å². The van der Waals surface area contributed by atoms with Crippen LogP contribution in [0, 0.1) is 11.3 Å². The molecule has 3 nitrogen and oxygen atoms in total. The van der Waals surface area contributed by atoms with Crippen molar-refractivity contribution < 1.29 is 14.3 Å². The van der Waals surface area contributed by atoms with Gasteiger partial charge in [0.1, 0.15) is 12.1 Å². The highest BCUT2D eigenvalue weighted by atomic mass is 16.5. The molecule has 2 atom stereocenters. The molecular formula is C13H22O3. The lowest BCUT2D eigenvalue weighted by Gasteiger charge is -2.24. The topological polar surface area (TPSA) is 43.4 Å². The van der Waals surface area contributed by atoms with Gasteiger partial charge in [0.15, 0.2) is 0 Å². The van der Waals surface area contributed by atoms with E-state index >= 15 is 0 Å². The first-order valence-corrected chi connectivity index (χ1v) is 5.52. The van der Waals surface area contributed by atoms with Crippen molar-refractivity contribution in [2.24, 2.45) is 11.3 Å². The van der Waals surface area contributed by atoms with Gasteiger partial charge in [-0.2, -0.15) is 0 Å². The molecule has 0 aliphatic carbocycles. The number of hydrogen-bond donors (Lipinski definition) is 0. The highest BCUT2D eigenvalue weighted by molar-refractivity contribution is 5.97. The van der Waals surface area contributed by atoms with Crippen LogP contribution in [0.15, 0.2) is 12.7 Å². The standard InChI is InChI=1S/C13H22O3/c1-6-7-10(2)11(16-5)8-12(15)13(3,4)9-14/h6,9-11H,1,7-8H2,2-5H3/t10-,11+/m0/s1. The molecule has 0 fully saturated rings. The van der Waals surface area contributed by atoms with Crippen molar-refractivity contribution in [3.05, 3.63) is 12.7 Å². The summed E-state index contributed by atoms with van der Waals surface area (Å²) in [6.45, 7) is 8.94. The summed E-state index contributed by atoms with van der Waals surface area (Å²) in [5.41, 5.74) is -0.912. The molecule has 0 aliphatic heterocycles. The second-order valence-corrected chi connectivity index (χ2v) is 4.74. The minimum Gasteiger partial charge on any atom is -0.381 e. The maximum absolute atomic E-state index is 11.8. The largest absolute Gasteiger partial charge is 0.381 e. The van der Waals surface area contributed by atoms with Gasteiger partial charge in [-0.05, 0) is 26.2 Å². The van der Waals surface area contributed by atoms with E-state index in [0.29, 0.717) is 6.29 Å². The summed E-state index contributed by atoms with van der Waals surface area (Å²) in [6.07, 6.45) is 3.43. The van der Waals surface area contributed by atoms with Crippen molar-refractivity contribution in [1.82, 2.24) is 0 Å². The van der Waals surface area contributed by atoms with Gasteiger partial charge in [0.25, 0.3) is 0 Å². The average Bonchev–Trinajstić information content (AvgIpc) is 2.25. The molecule has 0 rings (SSSR count). The number of ketones is 1. The van der Waals surface area contributed by atoms with Crippen LogP contribution in [0.2, 0.25) is 0 Å². The molecule has 0 aromatic carbocycles. The molecule has 0 aromatic rings. The van der Waals surface area contributed by atoms with Crippen molar-refractivity contribution >= 4 is 12.1 Å². The monoisotopic (exact) mass is 226 g/mol. The maximum atomic E-state index is 11.8. The number of rotatable bonds is 8. The highest BCUT2D eigenvalue weighted by Gasteiger charge is 2.30. The first-order valence-electron chi connectivity index (χ1n) is 5.52. The lowest BCUT2D eigenvalue weighted by atomic mass is 9.84. The zero-order valence-corrected chi connectivity index (χ0v) is 10.7. The molecule has 0 saturated carbocycles. The maximum Gasteiger partial charge on any atom is 0.148 e. The van der Waals surface area contributed by atoms with Crippen LogP contribution in [0.3, 0.4) is 0 Å². The predicted molar refractivity (Wildman–Crippen MR) is 64.2 cm³/mol. The van der Waals surface area contributed by atoms with Gasteiger partial charge in [-0.25, -0.2) is 0 Å². The smallest absolute Gasteiger partial charge is 0.148 e. The van der Waals surface area contributed by atoms with Crippen LogP contribution in [0.25, 0.3) is 0 Å². The molecule has 0 radical (unpaired) electrons. The molecule has 0 saturated heterocycles.